The van der Waals surface area contributed by atoms with Gasteiger partial charge in [-0.2, -0.15) is 11.8 Å². The first-order chi connectivity index (χ1) is 7.93. The molecule has 3 rings (SSSR count). The average Bonchev–Trinajstić information content (AvgIpc) is 2.39. The van der Waals surface area contributed by atoms with Crippen LogP contribution < -0.4 is 14.8 Å². The predicted octanol–water partition coefficient (Wildman–Crippen LogP) is 1.84. The summed E-state index contributed by atoms with van der Waals surface area (Å²) in [6, 6.07) is 6.30. The standard InChI is InChI=1S/C12H15NO2S/c1-2-10-11(15-5-4-14-10)7-9(1)12-8-13-3-6-16-12/h1-2,7,12-13H,3-6,8H2. The van der Waals surface area contributed by atoms with Crippen LogP contribution in [0.25, 0.3) is 0 Å². The number of ether oxygens (including phenoxy) is 2. The Kier molecular flexibility index (Phi) is 2.93. The molecule has 1 aromatic carbocycles. The van der Waals surface area contributed by atoms with Crippen molar-refractivity contribution in [3.05, 3.63) is 23.8 Å². The SMILES string of the molecule is c1cc2c(cc1C1CNCCS1)OCCO2. The molecule has 0 aliphatic carbocycles. The number of rotatable bonds is 1. The zero-order valence-electron chi connectivity index (χ0n) is 9.07. The van der Waals surface area contributed by atoms with E-state index in [4.69, 9.17) is 9.47 Å². The fourth-order valence-electron chi connectivity index (χ4n) is 2.04. The van der Waals surface area contributed by atoms with Gasteiger partial charge in [-0.3, -0.25) is 0 Å². The molecular formula is C12H15NO2S. The molecule has 1 saturated heterocycles. The van der Waals surface area contributed by atoms with Gasteiger partial charge in [0.15, 0.2) is 11.5 Å². The first-order valence-corrected chi connectivity index (χ1v) is 6.70. The highest BCUT2D eigenvalue weighted by Crippen LogP contribution is 2.37. The van der Waals surface area contributed by atoms with Gasteiger partial charge in [0.2, 0.25) is 0 Å². The summed E-state index contributed by atoms with van der Waals surface area (Å²) in [5.41, 5.74) is 1.33. The van der Waals surface area contributed by atoms with E-state index in [1.165, 1.54) is 11.3 Å². The van der Waals surface area contributed by atoms with Crippen molar-refractivity contribution in [1.29, 1.82) is 0 Å². The quantitative estimate of drug-likeness (QED) is 0.807. The number of hydrogen-bond acceptors (Lipinski definition) is 4. The van der Waals surface area contributed by atoms with E-state index in [2.05, 4.69) is 17.4 Å². The Labute approximate surface area is 99.5 Å². The third-order valence-corrected chi connectivity index (χ3v) is 4.15. The summed E-state index contributed by atoms with van der Waals surface area (Å²) in [5.74, 6) is 2.96. The summed E-state index contributed by atoms with van der Waals surface area (Å²) >= 11 is 2.01. The summed E-state index contributed by atoms with van der Waals surface area (Å²) in [5, 5.41) is 3.97. The Bertz CT molecular complexity index is 377. The van der Waals surface area contributed by atoms with Gasteiger partial charge in [-0.05, 0) is 17.7 Å². The molecule has 1 N–H and O–H groups in total. The molecule has 1 aromatic rings. The molecule has 0 spiro atoms. The van der Waals surface area contributed by atoms with Gasteiger partial charge in [0.25, 0.3) is 0 Å². The third kappa shape index (κ3) is 1.99. The number of benzene rings is 1. The van der Waals surface area contributed by atoms with E-state index in [0.29, 0.717) is 18.5 Å². The second-order valence-electron chi connectivity index (χ2n) is 3.97. The molecule has 4 heteroatoms. The van der Waals surface area contributed by atoms with Crippen LogP contribution in [0.15, 0.2) is 18.2 Å². The minimum Gasteiger partial charge on any atom is -0.486 e. The van der Waals surface area contributed by atoms with E-state index in [9.17, 15) is 0 Å². The van der Waals surface area contributed by atoms with E-state index >= 15 is 0 Å². The van der Waals surface area contributed by atoms with Crippen molar-refractivity contribution >= 4 is 11.8 Å². The van der Waals surface area contributed by atoms with Crippen LogP contribution in [0.3, 0.4) is 0 Å². The monoisotopic (exact) mass is 237 g/mol. The van der Waals surface area contributed by atoms with E-state index in [-0.39, 0.29) is 0 Å². The van der Waals surface area contributed by atoms with Crippen LogP contribution >= 0.6 is 11.8 Å². The largest absolute Gasteiger partial charge is 0.486 e. The van der Waals surface area contributed by atoms with Gasteiger partial charge in [0.05, 0.1) is 0 Å². The van der Waals surface area contributed by atoms with Crippen molar-refractivity contribution in [2.24, 2.45) is 0 Å². The Morgan fingerprint density at radius 3 is 2.88 bits per heavy atom. The van der Waals surface area contributed by atoms with E-state index in [1.54, 1.807) is 0 Å². The lowest BCUT2D eigenvalue weighted by Gasteiger charge is -2.25. The molecule has 16 heavy (non-hydrogen) atoms. The number of fused-ring (bicyclic) bond motifs is 1. The van der Waals surface area contributed by atoms with E-state index in [0.717, 1.165) is 24.6 Å². The summed E-state index contributed by atoms with van der Waals surface area (Å²) in [7, 11) is 0. The van der Waals surface area contributed by atoms with Crippen LogP contribution in [-0.2, 0) is 0 Å². The van der Waals surface area contributed by atoms with Crippen LogP contribution in [0.2, 0.25) is 0 Å². The smallest absolute Gasteiger partial charge is 0.161 e. The summed E-state index contributed by atoms with van der Waals surface area (Å²) in [6.07, 6.45) is 0. The molecule has 1 unspecified atom stereocenters. The van der Waals surface area contributed by atoms with Crippen LogP contribution in [0.1, 0.15) is 10.8 Å². The maximum absolute atomic E-state index is 5.60. The van der Waals surface area contributed by atoms with Crippen molar-refractivity contribution in [3.63, 3.8) is 0 Å². The molecule has 0 bridgehead atoms. The molecule has 86 valence electrons. The molecule has 0 aromatic heterocycles. The lowest BCUT2D eigenvalue weighted by atomic mass is 10.1. The van der Waals surface area contributed by atoms with Crippen molar-refractivity contribution in [3.8, 4) is 11.5 Å². The van der Waals surface area contributed by atoms with Crippen molar-refractivity contribution < 1.29 is 9.47 Å². The maximum Gasteiger partial charge on any atom is 0.161 e. The molecule has 2 heterocycles. The topological polar surface area (TPSA) is 30.5 Å². The fourth-order valence-corrected chi connectivity index (χ4v) is 3.16. The van der Waals surface area contributed by atoms with Gasteiger partial charge < -0.3 is 14.8 Å². The highest BCUT2D eigenvalue weighted by molar-refractivity contribution is 7.99. The van der Waals surface area contributed by atoms with Crippen LogP contribution in [0.4, 0.5) is 0 Å². The Morgan fingerprint density at radius 2 is 2.06 bits per heavy atom. The van der Waals surface area contributed by atoms with Gasteiger partial charge in [-0.25, -0.2) is 0 Å². The van der Waals surface area contributed by atoms with Crippen molar-refractivity contribution in [2.45, 2.75) is 5.25 Å². The van der Waals surface area contributed by atoms with Gasteiger partial charge in [-0.15, -0.1) is 0 Å². The number of hydrogen-bond donors (Lipinski definition) is 1. The normalized spacial score (nSPS) is 24.1. The van der Waals surface area contributed by atoms with Gasteiger partial charge in [0, 0.05) is 24.1 Å². The lowest BCUT2D eigenvalue weighted by Crippen LogP contribution is -2.28. The number of thioether (sulfide) groups is 1. The molecule has 2 aliphatic heterocycles. The van der Waals surface area contributed by atoms with Crippen LogP contribution in [-0.4, -0.2) is 32.1 Å². The maximum atomic E-state index is 5.60. The summed E-state index contributed by atoms with van der Waals surface area (Å²) in [6.45, 7) is 3.48. The highest BCUT2D eigenvalue weighted by Gasteiger charge is 2.19. The first-order valence-electron chi connectivity index (χ1n) is 5.65. The first kappa shape index (κ1) is 10.3. The zero-order chi connectivity index (χ0) is 10.8. The molecule has 1 atom stereocenters. The third-order valence-electron chi connectivity index (χ3n) is 2.87. The van der Waals surface area contributed by atoms with Crippen molar-refractivity contribution in [1.82, 2.24) is 5.32 Å². The zero-order valence-corrected chi connectivity index (χ0v) is 9.89. The molecule has 1 fully saturated rings. The Morgan fingerprint density at radius 1 is 1.19 bits per heavy atom. The summed E-state index contributed by atoms with van der Waals surface area (Å²) in [4.78, 5) is 0. The van der Waals surface area contributed by atoms with E-state index < -0.39 is 0 Å². The molecule has 2 aliphatic rings. The minimum atomic E-state index is 0.546. The van der Waals surface area contributed by atoms with Crippen molar-refractivity contribution in [2.75, 3.05) is 32.1 Å². The highest BCUT2D eigenvalue weighted by atomic mass is 32.2. The number of nitrogens with one attached hydrogen (secondary N) is 1. The second kappa shape index (κ2) is 4.55. The molecular weight excluding hydrogens is 222 g/mol. The fraction of sp³-hybridized carbons (Fsp3) is 0.500. The summed E-state index contributed by atoms with van der Waals surface area (Å²) < 4.78 is 11.1. The predicted molar refractivity (Wildman–Crippen MR) is 65.5 cm³/mol. The average molecular weight is 237 g/mol. The molecule has 0 amide bonds. The van der Waals surface area contributed by atoms with Crippen LogP contribution in [0.5, 0.6) is 11.5 Å². The minimum absolute atomic E-state index is 0.546. The van der Waals surface area contributed by atoms with E-state index in [1.807, 2.05) is 17.8 Å². The molecule has 0 saturated carbocycles. The lowest BCUT2D eigenvalue weighted by molar-refractivity contribution is 0.171. The Balaban J connectivity index is 1.84. The van der Waals surface area contributed by atoms with Crippen LogP contribution in [0, 0.1) is 0 Å². The molecule has 0 radical (unpaired) electrons. The Hall–Kier alpha value is -0.870. The molecule has 3 nitrogen and oxygen atoms in total. The van der Waals surface area contributed by atoms with Gasteiger partial charge >= 0.3 is 0 Å². The second-order valence-corrected chi connectivity index (χ2v) is 5.28. The van der Waals surface area contributed by atoms with Gasteiger partial charge in [0.1, 0.15) is 13.2 Å². The van der Waals surface area contributed by atoms with Gasteiger partial charge in [-0.1, -0.05) is 6.07 Å².